The molecule has 0 spiro atoms. The second-order valence-corrected chi connectivity index (χ2v) is 9.60. The van der Waals surface area contributed by atoms with E-state index in [1.807, 2.05) is 73.7 Å². The van der Waals surface area contributed by atoms with Gasteiger partial charge in [0.2, 0.25) is 6.79 Å². The predicted molar refractivity (Wildman–Crippen MR) is 138 cm³/mol. The number of carbonyl (C=O) groups excluding carboxylic acids is 2. The molecule has 1 N–H and O–H groups in total. The van der Waals surface area contributed by atoms with Crippen molar-refractivity contribution < 1.29 is 23.8 Å². The summed E-state index contributed by atoms with van der Waals surface area (Å²) in [5.41, 5.74) is 5.47. The lowest BCUT2D eigenvalue weighted by Crippen LogP contribution is -2.36. The lowest BCUT2D eigenvalue weighted by Gasteiger charge is -2.36. The van der Waals surface area contributed by atoms with Crippen molar-refractivity contribution in [1.82, 2.24) is 5.32 Å². The van der Waals surface area contributed by atoms with E-state index in [9.17, 15) is 9.59 Å². The van der Waals surface area contributed by atoms with Crippen LogP contribution in [0.3, 0.4) is 0 Å². The smallest absolute Gasteiger partial charge is 0.337 e. The molecule has 3 aromatic carbocycles. The van der Waals surface area contributed by atoms with Gasteiger partial charge < -0.3 is 19.5 Å². The fourth-order valence-corrected chi connectivity index (χ4v) is 5.50. The van der Waals surface area contributed by atoms with Crippen molar-refractivity contribution in [3.05, 3.63) is 118 Å². The molecule has 2 aliphatic heterocycles. The van der Waals surface area contributed by atoms with Crippen molar-refractivity contribution in [2.45, 2.75) is 38.2 Å². The minimum atomic E-state index is -0.557. The number of nitrogens with one attached hydrogen (secondary N) is 1. The fourth-order valence-electron chi connectivity index (χ4n) is 5.50. The molecule has 0 radical (unpaired) electrons. The normalized spacial score (nSPS) is 20.4. The summed E-state index contributed by atoms with van der Waals surface area (Å²) in [5, 5.41) is 3.41. The van der Waals surface area contributed by atoms with Crippen molar-refractivity contribution in [2.24, 2.45) is 0 Å². The molecule has 3 aliphatic rings. The largest absolute Gasteiger partial charge is 0.457 e. The number of carbonyl (C=O) groups is 2. The van der Waals surface area contributed by atoms with Crippen LogP contribution in [0.5, 0.6) is 11.5 Å². The van der Waals surface area contributed by atoms with E-state index in [0.29, 0.717) is 41.2 Å². The average molecular weight is 494 g/mol. The molecule has 1 aliphatic carbocycles. The van der Waals surface area contributed by atoms with Gasteiger partial charge in [0.25, 0.3) is 0 Å². The summed E-state index contributed by atoms with van der Waals surface area (Å²) < 4.78 is 16.9. The average Bonchev–Trinajstić information content (AvgIpc) is 3.40. The Bertz CT molecular complexity index is 1420. The van der Waals surface area contributed by atoms with Crippen LogP contribution < -0.4 is 14.8 Å². The standard InChI is InChI=1S/C31H27NO5/c1-19-28(31(34)35-17-20-8-4-2-5-9-20)29(22-12-13-26-27(16-22)37-18-36-26)30-24(32-19)14-23(15-25(30)33)21-10-6-3-7-11-21/h2-13,16,23,29,32H,14-15,17-18H2,1H3/t23-,29+/m0/s1. The van der Waals surface area contributed by atoms with Crippen LogP contribution in [0.2, 0.25) is 0 Å². The van der Waals surface area contributed by atoms with Gasteiger partial charge in [-0.3, -0.25) is 4.79 Å². The van der Waals surface area contributed by atoms with E-state index in [4.69, 9.17) is 14.2 Å². The summed E-state index contributed by atoms with van der Waals surface area (Å²) in [5.74, 6) is 0.375. The van der Waals surface area contributed by atoms with Gasteiger partial charge in [-0.15, -0.1) is 0 Å². The summed E-state index contributed by atoms with van der Waals surface area (Å²) in [7, 11) is 0. The Balaban J connectivity index is 1.38. The third kappa shape index (κ3) is 4.40. The van der Waals surface area contributed by atoms with E-state index in [1.165, 1.54) is 0 Å². The van der Waals surface area contributed by atoms with Crippen LogP contribution in [0.15, 0.2) is 101 Å². The number of hydrogen-bond acceptors (Lipinski definition) is 6. The number of allylic oxidation sites excluding steroid dienone is 3. The lowest BCUT2D eigenvalue weighted by atomic mass is 9.71. The first-order valence-corrected chi connectivity index (χ1v) is 12.5. The first-order chi connectivity index (χ1) is 18.1. The Kier molecular flexibility index (Phi) is 6.01. The maximum absolute atomic E-state index is 13.8. The molecule has 2 heterocycles. The fraction of sp³-hybridized carbons (Fsp3) is 0.226. The zero-order chi connectivity index (χ0) is 25.4. The van der Waals surface area contributed by atoms with Gasteiger partial charge in [-0.1, -0.05) is 66.7 Å². The molecule has 186 valence electrons. The maximum Gasteiger partial charge on any atom is 0.337 e. The molecule has 6 rings (SSSR count). The Morgan fingerprint density at radius 1 is 0.919 bits per heavy atom. The summed E-state index contributed by atoms with van der Waals surface area (Å²) in [6.45, 7) is 2.18. The van der Waals surface area contributed by atoms with Crippen LogP contribution >= 0.6 is 0 Å². The van der Waals surface area contributed by atoms with Crippen LogP contribution in [-0.2, 0) is 20.9 Å². The van der Waals surface area contributed by atoms with Gasteiger partial charge in [0.1, 0.15) is 6.61 Å². The molecule has 0 amide bonds. The van der Waals surface area contributed by atoms with E-state index in [1.54, 1.807) is 0 Å². The van der Waals surface area contributed by atoms with E-state index >= 15 is 0 Å². The first kappa shape index (κ1) is 23.1. The monoisotopic (exact) mass is 493 g/mol. The van der Waals surface area contributed by atoms with Gasteiger partial charge in [0.15, 0.2) is 17.3 Å². The van der Waals surface area contributed by atoms with Crippen LogP contribution in [0, 0.1) is 0 Å². The highest BCUT2D eigenvalue weighted by Crippen LogP contribution is 2.47. The number of esters is 1. The molecule has 0 saturated heterocycles. The number of fused-ring (bicyclic) bond motifs is 1. The highest BCUT2D eigenvalue weighted by molar-refractivity contribution is 6.04. The number of ketones is 1. The molecule has 0 saturated carbocycles. The summed E-state index contributed by atoms with van der Waals surface area (Å²) in [6.07, 6.45) is 1.08. The second-order valence-electron chi connectivity index (χ2n) is 9.60. The molecule has 0 aromatic heterocycles. The summed E-state index contributed by atoms with van der Waals surface area (Å²) in [4.78, 5) is 27.3. The molecule has 0 unspecified atom stereocenters. The molecule has 3 aromatic rings. The number of dihydropyridines is 1. The van der Waals surface area contributed by atoms with Gasteiger partial charge in [0.05, 0.1) is 5.57 Å². The summed E-state index contributed by atoms with van der Waals surface area (Å²) >= 11 is 0. The second kappa shape index (κ2) is 9.62. The van der Waals surface area contributed by atoms with Crippen LogP contribution in [0.4, 0.5) is 0 Å². The minimum Gasteiger partial charge on any atom is -0.457 e. The zero-order valence-electron chi connectivity index (χ0n) is 20.5. The third-order valence-electron chi connectivity index (χ3n) is 7.26. The molecule has 6 nitrogen and oxygen atoms in total. The van der Waals surface area contributed by atoms with Crippen molar-refractivity contribution in [1.29, 1.82) is 0 Å². The number of Topliss-reactive ketones (excluding diaryl/α,β-unsaturated/α-hetero) is 1. The Labute approximate surface area is 215 Å². The SMILES string of the molecule is CC1=C(C(=O)OCc2ccccc2)[C@@H](c2ccc3c(c2)OCO3)C2=C(C[C@H](c3ccccc3)CC2=O)N1. The zero-order valence-corrected chi connectivity index (χ0v) is 20.5. The van der Waals surface area contributed by atoms with E-state index < -0.39 is 11.9 Å². The van der Waals surface area contributed by atoms with Crippen molar-refractivity contribution in [2.75, 3.05) is 6.79 Å². The third-order valence-corrected chi connectivity index (χ3v) is 7.26. The molecular weight excluding hydrogens is 466 g/mol. The molecule has 0 bridgehead atoms. The first-order valence-electron chi connectivity index (χ1n) is 12.5. The minimum absolute atomic E-state index is 0.0335. The maximum atomic E-state index is 13.8. The van der Waals surface area contributed by atoms with Crippen molar-refractivity contribution in [3.63, 3.8) is 0 Å². The van der Waals surface area contributed by atoms with Crippen molar-refractivity contribution >= 4 is 11.8 Å². The van der Waals surface area contributed by atoms with Crippen LogP contribution in [0.25, 0.3) is 0 Å². The quantitative estimate of drug-likeness (QED) is 0.472. The van der Waals surface area contributed by atoms with E-state index in [-0.39, 0.29) is 25.1 Å². The Morgan fingerprint density at radius 3 is 2.43 bits per heavy atom. The number of ether oxygens (including phenoxy) is 3. The van der Waals surface area contributed by atoms with Crippen LogP contribution in [0.1, 0.15) is 48.3 Å². The van der Waals surface area contributed by atoms with Gasteiger partial charge in [-0.25, -0.2) is 4.79 Å². The number of hydrogen-bond donors (Lipinski definition) is 1. The number of rotatable bonds is 5. The van der Waals surface area contributed by atoms with Gasteiger partial charge >= 0.3 is 5.97 Å². The molecule has 37 heavy (non-hydrogen) atoms. The van der Waals surface area contributed by atoms with E-state index in [0.717, 1.165) is 22.4 Å². The van der Waals surface area contributed by atoms with Gasteiger partial charge in [0, 0.05) is 29.3 Å². The summed E-state index contributed by atoms with van der Waals surface area (Å²) in [6, 6.07) is 25.3. The Morgan fingerprint density at radius 2 is 1.65 bits per heavy atom. The highest BCUT2D eigenvalue weighted by Gasteiger charge is 2.41. The van der Waals surface area contributed by atoms with Gasteiger partial charge in [-0.2, -0.15) is 0 Å². The number of benzene rings is 3. The topological polar surface area (TPSA) is 73.9 Å². The van der Waals surface area contributed by atoms with E-state index in [2.05, 4.69) is 17.4 Å². The van der Waals surface area contributed by atoms with Crippen LogP contribution in [-0.4, -0.2) is 18.5 Å². The Hall–Kier alpha value is -4.32. The van der Waals surface area contributed by atoms with Gasteiger partial charge in [-0.05, 0) is 48.1 Å². The molecule has 0 fully saturated rings. The predicted octanol–water partition coefficient (Wildman–Crippen LogP) is 5.52. The lowest BCUT2D eigenvalue weighted by molar-refractivity contribution is -0.140. The molecule has 6 heteroatoms. The van der Waals surface area contributed by atoms with Crippen molar-refractivity contribution in [3.8, 4) is 11.5 Å². The highest BCUT2D eigenvalue weighted by atomic mass is 16.7. The molecule has 2 atom stereocenters. The molecular formula is C31H27NO5.